The maximum atomic E-state index is 3.62. The lowest BCUT2D eigenvalue weighted by atomic mass is 9.69. The molecule has 2 nitrogen and oxygen atoms in total. The van der Waals surface area contributed by atoms with Crippen LogP contribution in [0.15, 0.2) is 15.2 Å². The van der Waals surface area contributed by atoms with Gasteiger partial charge in [0, 0.05) is 19.6 Å². The lowest BCUT2D eigenvalue weighted by Gasteiger charge is -2.43. The Kier molecular flexibility index (Phi) is 6.73. The fourth-order valence-electron chi connectivity index (χ4n) is 3.89. The Bertz CT molecular complexity index is 434. The second-order valence-electron chi connectivity index (χ2n) is 6.91. The molecular formula is C17H29BrN2S. The highest BCUT2D eigenvalue weighted by atomic mass is 79.9. The Hall–Kier alpha value is 0.100. The number of nitrogens with one attached hydrogen (secondary N) is 1. The van der Waals surface area contributed by atoms with Gasteiger partial charge in [-0.1, -0.05) is 26.7 Å². The smallest absolute Gasteiger partial charge is 0.0701 e. The fourth-order valence-corrected chi connectivity index (χ4v) is 5.09. The molecule has 2 unspecified atom stereocenters. The van der Waals surface area contributed by atoms with Crippen molar-refractivity contribution < 1.29 is 0 Å². The van der Waals surface area contributed by atoms with Crippen LogP contribution >= 0.6 is 27.3 Å². The van der Waals surface area contributed by atoms with E-state index in [-0.39, 0.29) is 0 Å². The summed E-state index contributed by atoms with van der Waals surface area (Å²) in [5.41, 5.74) is 1.90. The molecule has 1 N–H and O–H groups in total. The average Bonchev–Trinajstić information content (AvgIpc) is 2.81. The van der Waals surface area contributed by atoms with Crippen molar-refractivity contribution in [3.63, 3.8) is 0 Å². The molecule has 120 valence electrons. The molecule has 1 aromatic heterocycles. The highest BCUT2D eigenvalue weighted by molar-refractivity contribution is 9.11. The number of hydrogen-bond acceptors (Lipinski definition) is 3. The third-order valence-electron chi connectivity index (χ3n) is 4.62. The van der Waals surface area contributed by atoms with E-state index in [4.69, 9.17) is 0 Å². The predicted octanol–water partition coefficient (Wildman–Crippen LogP) is 4.75. The molecule has 21 heavy (non-hydrogen) atoms. The molecule has 1 aliphatic carbocycles. The van der Waals surface area contributed by atoms with E-state index < -0.39 is 0 Å². The SMILES string of the molecule is CCNCC1(CN(C)Cc2csc(Br)c2)CCCC(C)C1. The first-order valence-corrected chi connectivity index (χ1v) is 9.82. The van der Waals surface area contributed by atoms with Gasteiger partial charge in [0.2, 0.25) is 0 Å². The molecule has 0 aromatic carbocycles. The van der Waals surface area contributed by atoms with Gasteiger partial charge in [-0.3, -0.25) is 0 Å². The first kappa shape index (κ1) is 17.5. The van der Waals surface area contributed by atoms with Crippen molar-refractivity contribution in [1.29, 1.82) is 0 Å². The molecule has 2 atom stereocenters. The van der Waals surface area contributed by atoms with E-state index in [1.54, 1.807) is 11.3 Å². The molecule has 4 heteroatoms. The van der Waals surface area contributed by atoms with Crippen LogP contribution in [0.5, 0.6) is 0 Å². The van der Waals surface area contributed by atoms with Gasteiger partial charge >= 0.3 is 0 Å². The number of thiophene rings is 1. The molecule has 1 saturated carbocycles. The van der Waals surface area contributed by atoms with Gasteiger partial charge in [0.1, 0.15) is 0 Å². The minimum Gasteiger partial charge on any atom is -0.316 e. The Balaban J connectivity index is 1.96. The second kappa shape index (κ2) is 8.09. The van der Waals surface area contributed by atoms with Crippen LogP contribution in [-0.2, 0) is 6.54 Å². The first-order chi connectivity index (χ1) is 10.0. The van der Waals surface area contributed by atoms with Crippen molar-refractivity contribution in [2.75, 3.05) is 26.7 Å². The highest BCUT2D eigenvalue weighted by Gasteiger charge is 2.35. The van der Waals surface area contributed by atoms with E-state index >= 15 is 0 Å². The largest absolute Gasteiger partial charge is 0.316 e. The zero-order valence-electron chi connectivity index (χ0n) is 13.6. The van der Waals surface area contributed by atoms with Gasteiger partial charge in [-0.25, -0.2) is 0 Å². The topological polar surface area (TPSA) is 15.3 Å². The Morgan fingerprint density at radius 1 is 1.52 bits per heavy atom. The van der Waals surface area contributed by atoms with Crippen molar-refractivity contribution >= 4 is 27.3 Å². The third kappa shape index (κ3) is 5.34. The van der Waals surface area contributed by atoms with E-state index in [1.807, 2.05) is 0 Å². The van der Waals surface area contributed by atoms with Crippen LogP contribution in [0.2, 0.25) is 0 Å². The maximum absolute atomic E-state index is 3.62. The molecule has 0 saturated heterocycles. The van der Waals surface area contributed by atoms with Crippen LogP contribution in [0.25, 0.3) is 0 Å². The Morgan fingerprint density at radius 3 is 2.95 bits per heavy atom. The van der Waals surface area contributed by atoms with E-state index in [0.29, 0.717) is 5.41 Å². The predicted molar refractivity (Wildman–Crippen MR) is 97.0 cm³/mol. The van der Waals surface area contributed by atoms with Crippen molar-refractivity contribution in [3.05, 3.63) is 20.8 Å². The summed E-state index contributed by atoms with van der Waals surface area (Å²) in [7, 11) is 2.28. The minimum absolute atomic E-state index is 0.468. The van der Waals surface area contributed by atoms with Crippen molar-refractivity contribution in [3.8, 4) is 0 Å². The summed E-state index contributed by atoms with van der Waals surface area (Å²) in [4.78, 5) is 2.52. The number of hydrogen-bond donors (Lipinski definition) is 1. The van der Waals surface area contributed by atoms with Gasteiger partial charge in [0.15, 0.2) is 0 Å². The number of rotatable bonds is 7. The summed E-state index contributed by atoms with van der Waals surface area (Å²) < 4.78 is 1.24. The maximum Gasteiger partial charge on any atom is 0.0701 e. The lowest BCUT2D eigenvalue weighted by molar-refractivity contribution is 0.0895. The molecule has 0 bridgehead atoms. The van der Waals surface area contributed by atoms with Crippen molar-refractivity contribution in [2.24, 2.45) is 11.3 Å². The zero-order chi connectivity index (χ0) is 15.3. The molecule has 1 heterocycles. The summed E-state index contributed by atoms with van der Waals surface area (Å²) in [5.74, 6) is 0.876. The van der Waals surface area contributed by atoms with Crippen LogP contribution in [-0.4, -0.2) is 31.6 Å². The number of halogens is 1. The highest BCUT2D eigenvalue weighted by Crippen LogP contribution is 2.39. The van der Waals surface area contributed by atoms with Crippen molar-refractivity contribution in [2.45, 2.75) is 46.1 Å². The summed E-state index contributed by atoms with van der Waals surface area (Å²) in [6.45, 7) is 9.16. The molecule has 1 fully saturated rings. The first-order valence-electron chi connectivity index (χ1n) is 8.15. The molecule has 1 aromatic rings. The van der Waals surface area contributed by atoms with Gasteiger partial charge in [-0.15, -0.1) is 11.3 Å². The zero-order valence-corrected chi connectivity index (χ0v) is 16.0. The standard InChI is InChI=1S/C17H29BrN2S/c1-4-19-12-17(7-5-6-14(2)9-17)13-20(3)10-15-8-16(18)21-11-15/h8,11,14,19H,4-7,9-10,12-13H2,1-3H3. The summed E-state index contributed by atoms with van der Waals surface area (Å²) in [5, 5.41) is 5.89. The lowest BCUT2D eigenvalue weighted by Crippen LogP contribution is -2.45. The van der Waals surface area contributed by atoms with E-state index in [9.17, 15) is 0 Å². The fraction of sp³-hybridized carbons (Fsp3) is 0.765. The minimum atomic E-state index is 0.468. The van der Waals surface area contributed by atoms with Crippen molar-refractivity contribution in [1.82, 2.24) is 10.2 Å². The van der Waals surface area contributed by atoms with E-state index in [0.717, 1.165) is 19.0 Å². The third-order valence-corrected chi connectivity index (χ3v) is 6.17. The van der Waals surface area contributed by atoms with Gasteiger partial charge in [-0.2, -0.15) is 0 Å². The van der Waals surface area contributed by atoms with Crippen LogP contribution in [0.4, 0.5) is 0 Å². The van der Waals surface area contributed by atoms with Gasteiger partial charge in [0.05, 0.1) is 3.79 Å². The van der Waals surface area contributed by atoms with Crippen LogP contribution in [0.1, 0.15) is 45.1 Å². The van der Waals surface area contributed by atoms with Gasteiger partial charge in [-0.05, 0) is 70.7 Å². The average molecular weight is 373 g/mol. The second-order valence-corrected chi connectivity index (χ2v) is 9.20. The molecule has 0 amide bonds. The van der Waals surface area contributed by atoms with E-state index in [1.165, 1.54) is 48.1 Å². The van der Waals surface area contributed by atoms with Crippen LogP contribution < -0.4 is 5.32 Å². The van der Waals surface area contributed by atoms with Crippen LogP contribution in [0.3, 0.4) is 0 Å². The molecule has 1 aliphatic rings. The molecule has 0 spiro atoms. The monoisotopic (exact) mass is 372 g/mol. The Labute approximate surface area is 142 Å². The molecular weight excluding hydrogens is 344 g/mol. The summed E-state index contributed by atoms with van der Waals surface area (Å²) >= 11 is 5.35. The molecule has 2 rings (SSSR count). The van der Waals surface area contributed by atoms with Gasteiger partial charge in [0.25, 0.3) is 0 Å². The summed E-state index contributed by atoms with van der Waals surface area (Å²) in [6, 6.07) is 2.25. The van der Waals surface area contributed by atoms with E-state index in [2.05, 4.69) is 58.5 Å². The molecule has 0 aliphatic heterocycles. The molecule has 0 radical (unpaired) electrons. The Morgan fingerprint density at radius 2 is 2.33 bits per heavy atom. The summed E-state index contributed by atoms with van der Waals surface area (Å²) in [6.07, 6.45) is 5.55. The number of nitrogens with zero attached hydrogens (tertiary/aromatic N) is 1. The van der Waals surface area contributed by atoms with Crippen LogP contribution in [0, 0.1) is 11.3 Å². The van der Waals surface area contributed by atoms with Gasteiger partial charge < -0.3 is 10.2 Å². The quantitative estimate of drug-likeness (QED) is 0.742. The normalized spacial score (nSPS) is 26.4.